The van der Waals surface area contributed by atoms with Gasteiger partial charge in [-0.2, -0.15) is 0 Å². The Morgan fingerprint density at radius 3 is 3.00 bits per heavy atom. The van der Waals surface area contributed by atoms with Crippen molar-refractivity contribution in [1.29, 1.82) is 0 Å². The van der Waals surface area contributed by atoms with Gasteiger partial charge in [-0.3, -0.25) is 0 Å². The van der Waals surface area contributed by atoms with Gasteiger partial charge in [0.2, 0.25) is 0 Å². The Morgan fingerprint density at radius 1 is 1.69 bits per heavy atom. The van der Waals surface area contributed by atoms with Gasteiger partial charge >= 0.3 is 0 Å². The molecule has 0 amide bonds. The molecule has 0 saturated heterocycles. The number of hydrogen-bond donors (Lipinski definition) is 2. The Labute approximate surface area is 77.8 Å². The number of furan rings is 1. The fourth-order valence-electron chi connectivity index (χ4n) is 1.30. The third-order valence-corrected chi connectivity index (χ3v) is 2.46. The number of nitrogens with one attached hydrogen (secondary N) is 1. The normalized spacial score (nSPS) is 21.4. The van der Waals surface area contributed by atoms with Crippen LogP contribution in [0.2, 0.25) is 0 Å². The molecule has 1 aromatic rings. The van der Waals surface area contributed by atoms with Gasteiger partial charge in [-0.25, -0.2) is 0 Å². The van der Waals surface area contributed by atoms with Crippen molar-refractivity contribution < 1.29 is 9.52 Å². The number of hydrogen-bond acceptors (Lipinski definition) is 3. The number of rotatable bonds is 4. The van der Waals surface area contributed by atoms with Crippen LogP contribution in [-0.2, 0) is 5.60 Å². The molecule has 1 atom stereocenters. The summed E-state index contributed by atoms with van der Waals surface area (Å²) < 4.78 is 4.94. The first-order valence-corrected chi connectivity index (χ1v) is 4.67. The van der Waals surface area contributed by atoms with E-state index in [9.17, 15) is 5.11 Å². The summed E-state index contributed by atoms with van der Waals surface area (Å²) in [5.74, 6) is 0. The van der Waals surface area contributed by atoms with E-state index in [-0.39, 0.29) is 0 Å². The van der Waals surface area contributed by atoms with E-state index in [0.29, 0.717) is 12.6 Å². The Kier molecular flexibility index (Phi) is 2.14. The fourth-order valence-corrected chi connectivity index (χ4v) is 1.30. The lowest BCUT2D eigenvalue weighted by atomic mass is 9.99. The second-order valence-corrected chi connectivity index (χ2v) is 3.94. The van der Waals surface area contributed by atoms with Gasteiger partial charge in [0, 0.05) is 18.2 Å². The van der Waals surface area contributed by atoms with Crippen LogP contribution in [0.25, 0.3) is 0 Å². The molecule has 1 aliphatic carbocycles. The van der Waals surface area contributed by atoms with E-state index in [1.54, 1.807) is 25.5 Å². The topological polar surface area (TPSA) is 45.4 Å². The van der Waals surface area contributed by atoms with E-state index in [1.165, 1.54) is 12.8 Å². The zero-order chi connectivity index (χ0) is 9.31. The fraction of sp³-hybridized carbons (Fsp3) is 0.600. The van der Waals surface area contributed by atoms with E-state index < -0.39 is 5.60 Å². The molecule has 13 heavy (non-hydrogen) atoms. The molecule has 2 N–H and O–H groups in total. The van der Waals surface area contributed by atoms with Crippen LogP contribution < -0.4 is 5.32 Å². The second-order valence-electron chi connectivity index (χ2n) is 3.94. The van der Waals surface area contributed by atoms with Crippen molar-refractivity contribution in [2.45, 2.75) is 31.4 Å². The van der Waals surface area contributed by atoms with Crippen molar-refractivity contribution in [3.05, 3.63) is 24.2 Å². The van der Waals surface area contributed by atoms with Gasteiger partial charge < -0.3 is 14.8 Å². The van der Waals surface area contributed by atoms with E-state index in [0.717, 1.165) is 5.56 Å². The standard InChI is InChI=1S/C10H15NO2/c1-10(12,7-11-9-2-3-9)8-4-5-13-6-8/h4-6,9,11-12H,2-3,7H2,1H3. The predicted octanol–water partition coefficient (Wildman–Crippen LogP) is 1.24. The van der Waals surface area contributed by atoms with Crippen LogP contribution in [0.4, 0.5) is 0 Å². The minimum Gasteiger partial charge on any atom is -0.472 e. The summed E-state index contributed by atoms with van der Waals surface area (Å²) in [6.07, 6.45) is 5.65. The number of aliphatic hydroxyl groups is 1. The van der Waals surface area contributed by atoms with Crippen LogP contribution in [0.15, 0.2) is 23.0 Å². The molecule has 1 aromatic heterocycles. The zero-order valence-electron chi connectivity index (χ0n) is 7.79. The minimum absolute atomic E-state index is 0.594. The van der Waals surface area contributed by atoms with Gasteiger partial charge in [0.05, 0.1) is 12.5 Å². The Morgan fingerprint density at radius 2 is 2.46 bits per heavy atom. The van der Waals surface area contributed by atoms with Gasteiger partial charge in [0.1, 0.15) is 5.60 Å². The molecule has 3 heteroatoms. The summed E-state index contributed by atoms with van der Waals surface area (Å²) in [5, 5.41) is 13.3. The molecule has 1 saturated carbocycles. The Balaban J connectivity index is 1.93. The molecule has 3 nitrogen and oxygen atoms in total. The average molecular weight is 181 g/mol. The molecule has 1 unspecified atom stereocenters. The van der Waals surface area contributed by atoms with E-state index in [1.807, 2.05) is 0 Å². The highest BCUT2D eigenvalue weighted by Gasteiger charge is 2.28. The van der Waals surface area contributed by atoms with Crippen molar-refractivity contribution in [3.8, 4) is 0 Å². The first kappa shape index (κ1) is 8.78. The quantitative estimate of drug-likeness (QED) is 0.734. The molecule has 1 aliphatic rings. The van der Waals surface area contributed by atoms with Gasteiger partial charge in [0.15, 0.2) is 0 Å². The van der Waals surface area contributed by atoms with Crippen LogP contribution >= 0.6 is 0 Å². The van der Waals surface area contributed by atoms with Crippen LogP contribution in [0.5, 0.6) is 0 Å². The molecule has 0 radical (unpaired) electrons. The minimum atomic E-state index is -0.810. The molecule has 72 valence electrons. The van der Waals surface area contributed by atoms with Gasteiger partial charge in [-0.05, 0) is 25.8 Å². The van der Waals surface area contributed by atoms with Crippen molar-refractivity contribution >= 4 is 0 Å². The van der Waals surface area contributed by atoms with Crippen LogP contribution in [0.3, 0.4) is 0 Å². The van der Waals surface area contributed by atoms with E-state index in [2.05, 4.69) is 5.32 Å². The molecule has 1 heterocycles. The third-order valence-electron chi connectivity index (χ3n) is 2.46. The van der Waals surface area contributed by atoms with Crippen molar-refractivity contribution in [2.24, 2.45) is 0 Å². The lowest BCUT2D eigenvalue weighted by Crippen LogP contribution is -2.36. The van der Waals surface area contributed by atoms with Crippen molar-refractivity contribution in [1.82, 2.24) is 5.32 Å². The molecule has 1 fully saturated rings. The van der Waals surface area contributed by atoms with Crippen LogP contribution in [0, 0.1) is 0 Å². The lowest BCUT2D eigenvalue weighted by Gasteiger charge is -2.22. The molecule has 0 aromatic carbocycles. The molecule has 0 bridgehead atoms. The average Bonchev–Trinajstić information content (AvgIpc) is 2.74. The predicted molar refractivity (Wildman–Crippen MR) is 49.3 cm³/mol. The SMILES string of the molecule is CC(O)(CNC1CC1)c1ccoc1. The summed E-state index contributed by atoms with van der Waals surface area (Å²) in [6.45, 7) is 2.39. The smallest absolute Gasteiger partial charge is 0.102 e. The Hall–Kier alpha value is -0.800. The highest BCUT2D eigenvalue weighted by Crippen LogP contribution is 2.23. The highest BCUT2D eigenvalue weighted by atomic mass is 16.3. The monoisotopic (exact) mass is 181 g/mol. The summed E-state index contributed by atoms with van der Waals surface area (Å²) in [7, 11) is 0. The molecular formula is C10H15NO2. The zero-order valence-corrected chi connectivity index (χ0v) is 7.79. The maximum Gasteiger partial charge on any atom is 0.102 e. The maximum absolute atomic E-state index is 10.0. The largest absolute Gasteiger partial charge is 0.472 e. The van der Waals surface area contributed by atoms with Crippen LogP contribution in [-0.4, -0.2) is 17.7 Å². The molecule has 0 spiro atoms. The van der Waals surface area contributed by atoms with Crippen molar-refractivity contribution in [3.63, 3.8) is 0 Å². The van der Waals surface area contributed by atoms with Gasteiger partial charge in [0.25, 0.3) is 0 Å². The second kappa shape index (κ2) is 3.16. The first-order chi connectivity index (χ1) is 6.18. The lowest BCUT2D eigenvalue weighted by molar-refractivity contribution is 0.0560. The Bertz CT molecular complexity index is 262. The summed E-state index contributed by atoms with van der Waals surface area (Å²) >= 11 is 0. The van der Waals surface area contributed by atoms with Gasteiger partial charge in [-0.1, -0.05) is 0 Å². The van der Waals surface area contributed by atoms with Gasteiger partial charge in [-0.15, -0.1) is 0 Å². The molecule has 0 aliphatic heterocycles. The molecular weight excluding hydrogens is 166 g/mol. The first-order valence-electron chi connectivity index (χ1n) is 4.67. The third kappa shape index (κ3) is 2.11. The summed E-state index contributed by atoms with van der Waals surface area (Å²) in [6, 6.07) is 2.42. The summed E-state index contributed by atoms with van der Waals surface area (Å²) in [4.78, 5) is 0. The van der Waals surface area contributed by atoms with Crippen molar-refractivity contribution in [2.75, 3.05) is 6.54 Å². The highest BCUT2D eigenvalue weighted by molar-refractivity contribution is 5.15. The van der Waals surface area contributed by atoms with E-state index in [4.69, 9.17) is 4.42 Å². The summed E-state index contributed by atoms with van der Waals surface area (Å²) in [5.41, 5.74) is 0.0240. The molecule has 2 rings (SSSR count). The van der Waals surface area contributed by atoms with E-state index >= 15 is 0 Å². The maximum atomic E-state index is 10.0. The van der Waals surface area contributed by atoms with Crippen LogP contribution in [0.1, 0.15) is 25.3 Å².